The molecule has 104 valence electrons. The Balaban J connectivity index is 2.55. The average molecular weight is 272 g/mol. The second-order valence-electron chi connectivity index (χ2n) is 5.40. The predicted octanol–water partition coefficient (Wildman–Crippen LogP) is 1.43. The highest BCUT2D eigenvalue weighted by Gasteiger charge is 2.29. The Hall–Kier alpha value is -0.680. The maximum absolute atomic E-state index is 12.3. The van der Waals surface area contributed by atoms with Crippen molar-refractivity contribution in [2.75, 3.05) is 26.8 Å². The van der Waals surface area contributed by atoms with Crippen molar-refractivity contribution < 1.29 is 9.53 Å². The van der Waals surface area contributed by atoms with Crippen molar-refractivity contribution in [3.05, 3.63) is 0 Å². The maximum Gasteiger partial charge on any atom is 0.232 e. The lowest BCUT2D eigenvalue weighted by Gasteiger charge is -2.30. The van der Waals surface area contributed by atoms with E-state index < -0.39 is 0 Å². The Labute approximate surface area is 115 Å². The van der Waals surface area contributed by atoms with Crippen LogP contribution in [0.5, 0.6) is 0 Å². The van der Waals surface area contributed by atoms with Crippen molar-refractivity contribution in [3.63, 3.8) is 0 Å². The first-order valence-electron chi connectivity index (χ1n) is 6.55. The van der Waals surface area contributed by atoms with E-state index in [1.165, 1.54) is 0 Å². The highest BCUT2D eigenvalue weighted by molar-refractivity contribution is 7.80. The van der Waals surface area contributed by atoms with E-state index in [2.05, 4.69) is 0 Å². The molecule has 2 N–H and O–H groups in total. The average Bonchev–Trinajstić information content (AvgIpc) is 2.29. The Bertz CT molecular complexity index is 301. The van der Waals surface area contributed by atoms with Crippen LogP contribution in [0.3, 0.4) is 0 Å². The van der Waals surface area contributed by atoms with E-state index in [4.69, 9.17) is 22.7 Å². The quantitative estimate of drug-likeness (QED) is 0.769. The van der Waals surface area contributed by atoms with Crippen LogP contribution in [0.1, 0.15) is 26.7 Å². The van der Waals surface area contributed by atoms with Gasteiger partial charge < -0.3 is 15.4 Å². The largest absolute Gasteiger partial charge is 0.393 e. The van der Waals surface area contributed by atoms with Gasteiger partial charge in [0.2, 0.25) is 5.91 Å². The molecule has 5 heteroatoms. The van der Waals surface area contributed by atoms with Gasteiger partial charge in [0.25, 0.3) is 0 Å². The van der Waals surface area contributed by atoms with Crippen LogP contribution in [-0.2, 0) is 9.53 Å². The maximum atomic E-state index is 12.3. The number of carbonyl (C=O) groups excluding carboxylic acids is 1. The summed E-state index contributed by atoms with van der Waals surface area (Å²) in [5.41, 5.74) is 5.67. The fourth-order valence-corrected chi connectivity index (χ4v) is 2.75. The van der Waals surface area contributed by atoms with Crippen molar-refractivity contribution in [2.45, 2.75) is 26.7 Å². The summed E-state index contributed by atoms with van der Waals surface area (Å²) in [6.45, 7) is 6.33. The van der Waals surface area contributed by atoms with Crippen LogP contribution in [0.15, 0.2) is 0 Å². The van der Waals surface area contributed by atoms with Crippen LogP contribution in [0.4, 0.5) is 0 Å². The number of nitrogens with two attached hydrogens (primary N) is 1. The third kappa shape index (κ3) is 4.21. The molecule has 1 unspecified atom stereocenters. The fourth-order valence-electron chi connectivity index (χ4n) is 2.38. The lowest BCUT2D eigenvalue weighted by Crippen LogP contribution is -2.44. The minimum Gasteiger partial charge on any atom is -0.393 e. The van der Waals surface area contributed by atoms with Gasteiger partial charge in [-0.15, -0.1) is 0 Å². The first-order chi connectivity index (χ1) is 8.43. The highest BCUT2D eigenvalue weighted by Crippen LogP contribution is 2.19. The third-order valence-electron chi connectivity index (χ3n) is 3.49. The molecule has 1 rings (SSSR count). The minimum atomic E-state index is -0.343. The molecule has 0 saturated carbocycles. The summed E-state index contributed by atoms with van der Waals surface area (Å²) in [5.74, 6) is 0.382. The highest BCUT2D eigenvalue weighted by atomic mass is 32.1. The SMILES string of the molecule is CC(C)C(C(=O)N(C)CC1CCOCC1)C(N)=S. The number of hydrogen-bond acceptors (Lipinski definition) is 3. The van der Waals surface area contributed by atoms with Crippen LogP contribution in [0.2, 0.25) is 0 Å². The summed E-state index contributed by atoms with van der Waals surface area (Å²) in [7, 11) is 1.84. The van der Waals surface area contributed by atoms with Crippen molar-refractivity contribution in [1.29, 1.82) is 0 Å². The lowest BCUT2D eigenvalue weighted by atomic mass is 9.93. The van der Waals surface area contributed by atoms with Gasteiger partial charge in [0.1, 0.15) is 0 Å². The molecule has 1 atom stereocenters. The zero-order chi connectivity index (χ0) is 13.7. The second-order valence-corrected chi connectivity index (χ2v) is 5.87. The molecule has 0 aromatic rings. The van der Waals surface area contributed by atoms with Crippen LogP contribution >= 0.6 is 12.2 Å². The van der Waals surface area contributed by atoms with Gasteiger partial charge in [-0.3, -0.25) is 4.79 Å². The normalized spacial score (nSPS) is 18.7. The van der Waals surface area contributed by atoms with E-state index in [1.807, 2.05) is 20.9 Å². The summed E-state index contributed by atoms with van der Waals surface area (Å²) in [6, 6.07) is 0. The molecule has 18 heavy (non-hydrogen) atoms. The molecule has 1 amide bonds. The van der Waals surface area contributed by atoms with Crippen molar-refractivity contribution in [3.8, 4) is 0 Å². The number of nitrogens with zero attached hydrogens (tertiary/aromatic N) is 1. The molecule has 4 nitrogen and oxygen atoms in total. The Morgan fingerprint density at radius 3 is 2.44 bits per heavy atom. The number of amides is 1. The molecule has 0 aliphatic carbocycles. The molecule has 1 saturated heterocycles. The molecule has 1 heterocycles. The molecule has 0 aromatic heterocycles. The van der Waals surface area contributed by atoms with Crippen LogP contribution < -0.4 is 5.73 Å². The molecule has 0 bridgehead atoms. The van der Waals surface area contributed by atoms with Crippen LogP contribution in [0.25, 0.3) is 0 Å². The third-order valence-corrected chi connectivity index (χ3v) is 3.74. The van der Waals surface area contributed by atoms with E-state index in [-0.39, 0.29) is 17.7 Å². The molecule has 0 spiro atoms. The lowest BCUT2D eigenvalue weighted by molar-refractivity contribution is -0.134. The number of thiocarbonyl (C=S) groups is 1. The van der Waals surface area contributed by atoms with E-state index in [0.717, 1.165) is 32.6 Å². The summed E-state index contributed by atoms with van der Waals surface area (Å²) in [6.07, 6.45) is 2.05. The van der Waals surface area contributed by atoms with E-state index in [9.17, 15) is 4.79 Å². The summed E-state index contributed by atoms with van der Waals surface area (Å²) in [4.78, 5) is 14.4. The first kappa shape index (κ1) is 15.4. The molecule has 1 aliphatic rings. The summed E-state index contributed by atoms with van der Waals surface area (Å²) < 4.78 is 5.32. The monoisotopic (exact) mass is 272 g/mol. The summed E-state index contributed by atoms with van der Waals surface area (Å²) >= 11 is 5.00. The summed E-state index contributed by atoms with van der Waals surface area (Å²) in [5, 5.41) is 0. The van der Waals surface area contributed by atoms with Crippen molar-refractivity contribution in [2.24, 2.45) is 23.5 Å². The first-order valence-corrected chi connectivity index (χ1v) is 6.96. The van der Waals surface area contributed by atoms with Gasteiger partial charge in [0, 0.05) is 26.8 Å². The molecule has 1 fully saturated rings. The predicted molar refractivity (Wildman–Crippen MR) is 76.3 cm³/mol. The van der Waals surface area contributed by atoms with Gasteiger partial charge in [-0.25, -0.2) is 0 Å². The van der Waals surface area contributed by atoms with Gasteiger partial charge in [-0.1, -0.05) is 26.1 Å². The van der Waals surface area contributed by atoms with Crippen molar-refractivity contribution in [1.82, 2.24) is 4.90 Å². The van der Waals surface area contributed by atoms with Crippen LogP contribution in [-0.4, -0.2) is 42.6 Å². The molecule has 1 aliphatic heterocycles. The van der Waals surface area contributed by atoms with E-state index in [1.54, 1.807) is 4.90 Å². The van der Waals surface area contributed by atoms with Crippen molar-refractivity contribution >= 4 is 23.1 Å². The van der Waals surface area contributed by atoms with E-state index in [0.29, 0.717) is 10.9 Å². The van der Waals surface area contributed by atoms with Gasteiger partial charge >= 0.3 is 0 Å². The van der Waals surface area contributed by atoms with E-state index >= 15 is 0 Å². The number of carbonyl (C=O) groups is 1. The number of ether oxygens (including phenoxy) is 1. The Morgan fingerprint density at radius 2 is 2.00 bits per heavy atom. The smallest absolute Gasteiger partial charge is 0.232 e. The molecular formula is C13H24N2O2S. The number of rotatable bonds is 5. The zero-order valence-corrected chi connectivity index (χ0v) is 12.3. The fraction of sp³-hybridized carbons (Fsp3) is 0.846. The van der Waals surface area contributed by atoms with Gasteiger partial charge in [0.15, 0.2) is 0 Å². The molecular weight excluding hydrogens is 248 g/mol. The Kier molecular flexibility index (Phi) is 6.02. The Morgan fingerprint density at radius 1 is 1.44 bits per heavy atom. The molecule has 0 aromatic carbocycles. The van der Waals surface area contributed by atoms with Gasteiger partial charge in [-0.2, -0.15) is 0 Å². The second kappa shape index (κ2) is 7.04. The number of hydrogen-bond donors (Lipinski definition) is 1. The van der Waals surface area contributed by atoms with Gasteiger partial charge in [-0.05, 0) is 24.7 Å². The minimum absolute atomic E-state index is 0.0454. The topological polar surface area (TPSA) is 55.6 Å². The van der Waals surface area contributed by atoms with Crippen LogP contribution in [0, 0.1) is 17.8 Å². The molecule has 0 radical (unpaired) electrons. The zero-order valence-electron chi connectivity index (χ0n) is 11.5. The van der Waals surface area contributed by atoms with Gasteiger partial charge in [0.05, 0.1) is 10.9 Å². The standard InChI is InChI=1S/C13H24N2O2S/c1-9(2)11(12(14)18)13(16)15(3)8-10-4-6-17-7-5-10/h9-11H,4-8H2,1-3H3,(H2,14,18).